The van der Waals surface area contributed by atoms with E-state index in [-0.39, 0.29) is 17.6 Å². The predicted octanol–water partition coefficient (Wildman–Crippen LogP) is 4.06. The zero-order valence-electron chi connectivity index (χ0n) is 15.9. The molecule has 0 bridgehead atoms. The molecule has 0 saturated carbocycles. The summed E-state index contributed by atoms with van der Waals surface area (Å²) in [7, 11) is 0. The summed E-state index contributed by atoms with van der Waals surface area (Å²) in [6.45, 7) is 8.61. The van der Waals surface area contributed by atoms with Crippen molar-refractivity contribution in [2.24, 2.45) is 0 Å². The van der Waals surface area contributed by atoms with Crippen molar-refractivity contribution in [2.45, 2.75) is 26.8 Å². The number of nitrogens with zero attached hydrogens (tertiary/aromatic N) is 2. The van der Waals surface area contributed by atoms with Gasteiger partial charge in [0.1, 0.15) is 0 Å². The van der Waals surface area contributed by atoms with Gasteiger partial charge in [-0.25, -0.2) is 0 Å². The van der Waals surface area contributed by atoms with Crippen LogP contribution in [0.2, 0.25) is 0 Å². The van der Waals surface area contributed by atoms with Crippen LogP contribution in [0.3, 0.4) is 0 Å². The van der Waals surface area contributed by atoms with Crippen molar-refractivity contribution >= 4 is 5.91 Å². The minimum absolute atomic E-state index is 0.0981. The quantitative estimate of drug-likeness (QED) is 0.650. The van der Waals surface area contributed by atoms with Crippen LogP contribution in [0.5, 0.6) is 0 Å². The highest BCUT2D eigenvalue weighted by atomic mass is 16.5. The van der Waals surface area contributed by atoms with Crippen LogP contribution < -0.4 is 5.32 Å². The summed E-state index contributed by atoms with van der Waals surface area (Å²) in [6, 6.07) is 13.6. The lowest BCUT2D eigenvalue weighted by Crippen LogP contribution is -2.38. The fourth-order valence-corrected chi connectivity index (χ4v) is 3.11. The highest BCUT2D eigenvalue weighted by molar-refractivity contribution is 5.92. The van der Waals surface area contributed by atoms with E-state index >= 15 is 0 Å². The second kappa shape index (κ2) is 8.68. The number of carbonyl (C=O) groups excluding carboxylic acids is 1. The molecule has 1 amide bonds. The van der Waals surface area contributed by atoms with Crippen molar-refractivity contribution in [3.8, 4) is 11.5 Å². The molecule has 0 aliphatic rings. The number of carbonyl (C=O) groups is 1. The van der Waals surface area contributed by atoms with Crippen LogP contribution in [0.15, 0.2) is 57.7 Å². The lowest BCUT2D eigenvalue weighted by atomic mass is 10.0. The summed E-state index contributed by atoms with van der Waals surface area (Å²) in [5.74, 6) is 0.715. The van der Waals surface area contributed by atoms with Crippen LogP contribution in [0.1, 0.15) is 41.5 Å². The van der Waals surface area contributed by atoms with Crippen LogP contribution in [-0.2, 0) is 0 Å². The molecule has 0 aliphatic carbocycles. The van der Waals surface area contributed by atoms with Gasteiger partial charge < -0.3 is 14.3 Å². The van der Waals surface area contributed by atoms with Gasteiger partial charge in [0.15, 0.2) is 11.5 Å². The van der Waals surface area contributed by atoms with Crippen molar-refractivity contribution in [2.75, 3.05) is 19.6 Å². The van der Waals surface area contributed by atoms with Crippen LogP contribution in [0, 0.1) is 6.92 Å². The van der Waals surface area contributed by atoms with Crippen LogP contribution >= 0.6 is 0 Å². The maximum Gasteiger partial charge on any atom is 0.273 e. The standard InChI is InChI=1S/C21H25N3O3/c1-4-24(5-2)18(16-10-8-15(3)9-11-16)14-22-21(25)17-13-20(27-23-17)19-7-6-12-26-19/h6-13,18H,4-5,14H2,1-3H3,(H,22,25). The molecule has 0 radical (unpaired) electrons. The minimum Gasteiger partial charge on any atom is -0.461 e. The molecule has 142 valence electrons. The van der Waals surface area contributed by atoms with Crippen LogP contribution in [0.25, 0.3) is 11.5 Å². The number of hydrogen-bond donors (Lipinski definition) is 1. The number of aryl methyl sites for hydroxylation is 1. The number of likely N-dealkylation sites (N-methyl/N-ethyl adjacent to an activating group) is 1. The first-order chi connectivity index (χ1) is 13.1. The fraction of sp³-hybridized carbons (Fsp3) is 0.333. The smallest absolute Gasteiger partial charge is 0.273 e. The van der Waals surface area contributed by atoms with Gasteiger partial charge in [-0.1, -0.05) is 48.8 Å². The molecular formula is C21H25N3O3. The number of aromatic nitrogens is 1. The van der Waals surface area contributed by atoms with Gasteiger partial charge in [-0.05, 0) is 37.7 Å². The molecule has 0 saturated heterocycles. The summed E-state index contributed by atoms with van der Waals surface area (Å²) in [4.78, 5) is 14.9. The van der Waals surface area contributed by atoms with E-state index in [0.717, 1.165) is 13.1 Å². The topological polar surface area (TPSA) is 71.5 Å². The van der Waals surface area contributed by atoms with E-state index in [9.17, 15) is 4.79 Å². The molecular weight excluding hydrogens is 342 g/mol. The van der Waals surface area contributed by atoms with Gasteiger partial charge in [0, 0.05) is 12.6 Å². The molecule has 1 atom stereocenters. The third kappa shape index (κ3) is 4.46. The van der Waals surface area contributed by atoms with Crippen molar-refractivity contribution in [3.05, 3.63) is 65.5 Å². The second-order valence-corrected chi connectivity index (χ2v) is 6.41. The Morgan fingerprint density at radius 2 is 1.89 bits per heavy atom. The van der Waals surface area contributed by atoms with Gasteiger partial charge in [0.05, 0.1) is 12.3 Å². The number of benzene rings is 1. The van der Waals surface area contributed by atoms with Gasteiger partial charge in [0.2, 0.25) is 5.76 Å². The molecule has 0 aliphatic heterocycles. The summed E-state index contributed by atoms with van der Waals surface area (Å²) >= 11 is 0. The van der Waals surface area contributed by atoms with E-state index in [4.69, 9.17) is 8.94 Å². The van der Waals surface area contributed by atoms with E-state index < -0.39 is 0 Å². The molecule has 1 aromatic carbocycles. The van der Waals surface area contributed by atoms with Crippen LogP contribution in [-0.4, -0.2) is 35.6 Å². The number of furan rings is 1. The monoisotopic (exact) mass is 367 g/mol. The van der Waals surface area contributed by atoms with Crippen molar-refractivity contribution in [1.29, 1.82) is 0 Å². The lowest BCUT2D eigenvalue weighted by molar-refractivity contribution is 0.0926. The van der Waals surface area contributed by atoms with Crippen molar-refractivity contribution in [1.82, 2.24) is 15.4 Å². The summed E-state index contributed by atoms with van der Waals surface area (Å²) < 4.78 is 10.5. The van der Waals surface area contributed by atoms with E-state index in [1.165, 1.54) is 11.1 Å². The number of amides is 1. The molecule has 6 heteroatoms. The van der Waals surface area contributed by atoms with Gasteiger partial charge in [-0.15, -0.1) is 0 Å². The first-order valence-corrected chi connectivity index (χ1v) is 9.21. The highest BCUT2D eigenvalue weighted by Crippen LogP contribution is 2.22. The third-order valence-corrected chi connectivity index (χ3v) is 4.68. The van der Waals surface area contributed by atoms with E-state index in [1.54, 1.807) is 24.5 Å². The van der Waals surface area contributed by atoms with E-state index in [2.05, 4.69) is 60.4 Å². The molecule has 1 N–H and O–H groups in total. The molecule has 6 nitrogen and oxygen atoms in total. The Morgan fingerprint density at radius 1 is 1.15 bits per heavy atom. The molecule has 2 aromatic heterocycles. The fourth-order valence-electron chi connectivity index (χ4n) is 3.11. The Morgan fingerprint density at radius 3 is 2.52 bits per heavy atom. The summed E-state index contributed by atoms with van der Waals surface area (Å²) in [6.07, 6.45) is 1.55. The molecule has 27 heavy (non-hydrogen) atoms. The Kier molecular flexibility index (Phi) is 6.08. The first-order valence-electron chi connectivity index (χ1n) is 9.21. The highest BCUT2D eigenvalue weighted by Gasteiger charge is 2.21. The van der Waals surface area contributed by atoms with Gasteiger partial charge in [0.25, 0.3) is 5.91 Å². The Balaban J connectivity index is 1.71. The molecule has 0 fully saturated rings. The zero-order chi connectivity index (χ0) is 19.2. The summed E-state index contributed by atoms with van der Waals surface area (Å²) in [5, 5.41) is 6.85. The van der Waals surface area contributed by atoms with E-state index in [1.807, 2.05) is 0 Å². The lowest BCUT2D eigenvalue weighted by Gasteiger charge is -2.30. The van der Waals surface area contributed by atoms with Gasteiger partial charge in [-0.3, -0.25) is 9.69 Å². The molecule has 3 aromatic rings. The average molecular weight is 367 g/mol. The molecule has 3 rings (SSSR count). The van der Waals surface area contributed by atoms with Crippen molar-refractivity contribution < 1.29 is 13.7 Å². The number of rotatable bonds is 8. The Bertz CT molecular complexity index is 849. The summed E-state index contributed by atoms with van der Waals surface area (Å²) in [5.41, 5.74) is 2.64. The van der Waals surface area contributed by atoms with E-state index in [0.29, 0.717) is 18.1 Å². The maximum atomic E-state index is 12.5. The third-order valence-electron chi connectivity index (χ3n) is 4.68. The normalized spacial score (nSPS) is 12.3. The Labute approximate surface area is 159 Å². The van der Waals surface area contributed by atoms with Gasteiger partial charge >= 0.3 is 0 Å². The largest absolute Gasteiger partial charge is 0.461 e. The maximum absolute atomic E-state index is 12.5. The average Bonchev–Trinajstić information content (AvgIpc) is 3.37. The van der Waals surface area contributed by atoms with Crippen LogP contribution in [0.4, 0.5) is 0 Å². The zero-order valence-corrected chi connectivity index (χ0v) is 15.9. The van der Waals surface area contributed by atoms with Crippen molar-refractivity contribution in [3.63, 3.8) is 0 Å². The molecule has 0 spiro atoms. The molecule has 2 heterocycles. The first kappa shape index (κ1) is 18.9. The predicted molar refractivity (Wildman–Crippen MR) is 103 cm³/mol. The molecule has 1 unspecified atom stereocenters. The Hall–Kier alpha value is -2.86. The second-order valence-electron chi connectivity index (χ2n) is 6.41. The number of nitrogens with one attached hydrogen (secondary N) is 1. The number of hydrogen-bond acceptors (Lipinski definition) is 5. The SMILES string of the molecule is CCN(CC)C(CNC(=O)c1cc(-c2ccco2)on1)c1ccc(C)cc1. The van der Waals surface area contributed by atoms with Gasteiger partial charge in [-0.2, -0.15) is 0 Å². The minimum atomic E-state index is -0.263.